The van der Waals surface area contributed by atoms with Crippen molar-refractivity contribution in [2.45, 2.75) is 80.9 Å². The van der Waals surface area contributed by atoms with Crippen LogP contribution in [0.5, 0.6) is 11.5 Å². The molecule has 1 saturated carbocycles. The van der Waals surface area contributed by atoms with Crippen molar-refractivity contribution < 1.29 is 14.9 Å². The lowest BCUT2D eigenvalue weighted by Gasteiger charge is -2.63. The van der Waals surface area contributed by atoms with Gasteiger partial charge in [-0.3, -0.25) is 4.90 Å². The number of likely N-dealkylation sites (tertiary alicyclic amines) is 1. The standard InChI is InChI=1S/C31H32N2O3/c34-23-10-9-19-14-24-31(35)15-21-13-20-8-7-18-3-1-2-4-22(18)26(20)32-27(21)29-30(31,25(19)28(23)36-29)11-12-33(24)16-17-5-6-17/h7-10,13,17,24,29,34-35H,1-6,11-12,14-16H2/t24-,29-,30-,31+/m0/s1. The third kappa shape index (κ3) is 2.33. The van der Waals surface area contributed by atoms with Crippen LogP contribution < -0.4 is 4.74 Å². The number of nitrogens with zero attached hydrogens (tertiary/aromatic N) is 2. The van der Waals surface area contributed by atoms with Gasteiger partial charge in [-0.25, -0.2) is 4.98 Å². The molecule has 0 amide bonds. The molecular weight excluding hydrogens is 448 g/mol. The summed E-state index contributed by atoms with van der Waals surface area (Å²) >= 11 is 0. The van der Waals surface area contributed by atoms with E-state index in [0.717, 1.165) is 67.0 Å². The minimum absolute atomic E-state index is 0.0633. The molecule has 1 spiro atoms. The summed E-state index contributed by atoms with van der Waals surface area (Å²) in [6, 6.07) is 10.8. The molecule has 2 aliphatic heterocycles. The van der Waals surface area contributed by atoms with Crippen LogP contribution >= 0.6 is 0 Å². The van der Waals surface area contributed by atoms with Crippen molar-refractivity contribution in [2.75, 3.05) is 13.1 Å². The molecule has 0 unspecified atom stereocenters. The van der Waals surface area contributed by atoms with Gasteiger partial charge in [-0.1, -0.05) is 18.2 Å². The van der Waals surface area contributed by atoms with E-state index in [4.69, 9.17) is 9.72 Å². The molecule has 3 heterocycles. The normalized spacial score (nSPS) is 33.6. The van der Waals surface area contributed by atoms with Crippen molar-refractivity contribution in [3.05, 3.63) is 63.8 Å². The lowest BCUT2D eigenvalue weighted by molar-refractivity contribution is -0.173. The minimum atomic E-state index is -0.937. The van der Waals surface area contributed by atoms with Crippen LogP contribution in [0.4, 0.5) is 0 Å². The number of aryl methyl sites for hydroxylation is 2. The number of phenolic OH excluding ortho intramolecular Hbond substituents is 1. The number of aromatic nitrogens is 1. The Kier molecular flexibility index (Phi) is 3.76. The van der Waals surface area contributed by atoms with Gasteiger partial charge in [0, 0.05) is 30.0 Å². The highest BCUT2D eigenvalue weighted by Gasteiger charge is 2.72. The molecule has 4 aliphatic carbocycles. The highest BCUT2D eigenvalue weighted by Crippen LogP contribution is 2.68. The fraction of sp³-hybridized carbons (Fsp3) is 0.516. The second-order valence-corrected chi connectivity index (χ2v) is 12.4. The molecule has 5 nitrogen and oxygen atoms in total. The quantitative estimate of drug-likeness (QED) is 0.565. The number of benzene rings is 2. The van der Waals surface area contributed by atoms with Gasteiger partial charge < -0.3 is 14.9 Å². The molecule has 6 aliphatic rings. The maximum atomic E-state index is 12.9. The number of hydrogen-bond acceptors (Lipinski definition) is 5. The van der Waals surface area contributed by atoms with Gasteiger partial charge in [0.25, 0.3) is 0 Å². The lowest BCUT2D eigenvalue weighted by atomic mass is 9.49. The molecular formula is C31H32N2O3. The molecule has 3 aromatic rings. The van der Waals surface area contributed by atoms with Gasteiger partial charge in [0.05, 0.1) is 22.2 Å². The van der Waals surface area contributed by atoms with Crippen molar-refractivity contribution in [2.24, 2.45) is 5.92 Å². The van der Waals surface area contributed by atoms with Gasteiger partial charge in [0.15, 0.2) is 17.6 Å². The van der Waals surface area contributed by atoms with Crippen LogP contribution in [0, 0.1) is 5.92 Å². The summed E-state index contributed by atoms with van der Waals surface area (Å²) in [5, 5.41) is 25.0. The number of aliphatic hydroxyl groups is 1. The Balaban J connectivity index is 1.30. The van der Waals surface area contributed by atoms with Crippen LogP contribution in [0.2, 0.25) is 0 Å². The van der Waals surface area contributed by atoms with E-state index in [9.17, 15) is 10.2 Å². The van der Waals surface area contributed by atoms with E-state index in [2.05, 4.69) is 29.2 Å². The largest absolute Gasteiger partial charge is 0.504 e. The van der Waals surface area contributed by atoms with Gasteiger partial charge in [-0.05, 0) is 98.2 Å². The smallest absolute Gasteiger partial charge is 0.166 e. The number of hydrogen-bond donors (Lipinski definition) is 2. The molecule has 9 rings (SSSR count). The first-order valence-corrected chi connectivity index (χ1v) is 14.0. The molecule has 2 N–H and O–H groups in total. The van der Waals surface area contributed by atoms with E-state index in [1.54, 1.807) is 6.07 Å². The first-order valence-electron chi connectivity index (χ1n) is 14.0. The predicted molar refractivity (Wildman–Crippen MR) is 137 cm³/mol. The highest BCUT2D eigenvalue weighted by molar-refractivity contribution is 5.85. The van der Waals surface area contributed by atoms with Gasteiger partial charge in [-0.2, -0.15) is 0 Å². The van der Waals surface area contributed by atoms with Gasteiger partial charge in [-0.15, -0.1) is 0 Å². The number of pyridine rings is 1. The summed E-state index contributed by atoms with van der Waals surface area (Å²) in [7, 11) is 0. The van der Waals surface area contributed by atoms with E-state index < -0.39 is 11.0 Å². The number of rotatable bonds is 2. The molecule has 2 aromatic carbocycles. The van der Waals surface area contributed by atoms with Crippen molar-refractivity contribution in [3.8, 4) is 11.5 Å². The Hall–Kier alpha value is -2.63. The molecule has 1 saturated heterocycles. The van der Waals surface area contributed by atoms with Gasteiger partial charge in [0.2, 0.25) is 0 Å². The average Bonchev–Trinajstić information content (AvgIpc) is 3.62. The summed E-state index contributed by atoms with van der Waals surface area (Å²) in [5.74, 6) is 1.57. The topological polar surface area (TPSA) is 65.8 Å². The van der Waals surface area contributed by atoms with Gasteiger partial charge in [0.1, 0.15) is 0 Å². The summed E-state index contributed by atoms with van der Waals surface area (Å²) < 4.78 is 6.73. The summed E-state index contributed by atoms with van der Waals surface area (Å²) in [6.07, 6.45) is 9.21. The molecule has 2 fully saturated rings. The molecule has 2 bridgehead atoms. The third-order valence-corrected chi connectivity index (χ3v) is 10.6. The van der Waals surface area contributed by atoms with Crippen molar-refractivity contribution in [1.82, 2.24) is 9.88 Å². The Labute approximate surface area is 211 Å². The van der Waals surface area contributed by atoms with E-state index in [0.29, 0.717) is 12.2 Å². The fourth-order valence-electron chi connectivity index (χ4n) is 8.84. The number of piperidine rings is 1. The maximum absolute atomic E-state index is 12.9. The Morgan fingerprint density at radius 1 is 1.06 bits per heavy atom. The van der Waals surface area contributed by atoms with Crippen LogP contribution in [0.3, 0.4) is 0 Å². The predicted octanol–water partition coefficient (Wildman–Crippen LogP) is 4.52. The van der Waals surface area contributed by atoms with Crippen molar-refractivity contribution >= 4 is 10.9 Å². The third-order valence-electron chi connectivity index (χ3n) is 10.6. The minimum Gasteiger partial charge on any atom is -0.504 e. The van der Waals surface area contributed by atoms with Crippen LogP contribution in [0.1, 0.15) is 71.7 Å². The molecule has 5 heteroatoms. The zero-order valence-electron chi connectivity index (χ0n) is 20.6. The molecule has 0 radical (unpaired) electrons. The first-order chi connectivity index (χ1) is 17.6. The van der Waals surface area contributed by atoms with Crippen molar-refractivity contribution in [3.63, 3.8) is 0 Å². The molecule has 4 atom stereocenters. The van der Waals surface area contributed by atoms with Crippen LogP contribution in [-0.2, 0) is 31.1 Å². The van der Waals surface area contributed by atoms with Gasteiger partial charge >= 0.3 is 0 Å². The molecule has 36 heavy (non-hydrogen) atoms. The second kappa shape index (κ2) is 6.62. The van der Waals surface area contributed by atoms with Crippen molar-refractivity contribution in [1.29, 1.82) is 0 Å². The number of ether oxygens (including phenoxy) is 1. The molecule has 184 valence electrons. The van der Waals surface area contributed by atoms with Crippen LogP contribution in [-0.4, -0.2) is 44.8 Å². The monoisotopic (exact) mass is 480 g/mol. The van der Waals surface area contributed by atoms with Crippen LogP contribution in [0.25, 0.3) is 10.9 Å². The summed E-state index contributed by atoms with van der Waals surface area (Å²) in [6.45, 7) is 2.06. The summed E-state index contributed by atoms with van der Waals surface area (Å²) in [5.41, 5.74) is 6.89. The highest BCUT2D eigenvalue weighted by atomic mass is 16.5. The zero-order chi connectivity index (χ0) is 23.8. The number of aromatic hydroxyl groups is 1. The van der Waals surface area contributed by atoms with Crippen LogP contribution in [0.15, 0.2) is 30.3 Å². The second-order valence-electron chi connectivity index (χ2n) is 12.4. The van der Waals surface area contributed by atoms with E-state index >= 15 is 0 Å². The lowest BCUT2D eigenvalue weighted by Crippen LogP contribution is -2.74. The average molecular weight is 481 g/mol. The Morgan fingerprint density at radius 2 is 1.92 bits per heavy atom. The number of fused-ring (bicyclic) bond motifs is 5. The number of phenols is 1. The fourth-order valence-corrected chi connectivity index (χ4v) is 8.84. The van der Waals surface area contributed by atoms with E-state index in [1.165, 1.54) is 47.8 Å². The first kappa shape index (κ1) is 20.4. The zero-order valence-corrected chi connectivity index (χ0v) is 20.6. The van der Waals surface area contributed by atoms with E-state index in [-0.39, 0.29) is 17.9 Å². The SMILES string of the molecule is Oc1ccc2c3c1O[C@H]1c4nc5c6c(ccc5cc4C[C@@]4(O)[C@H](C2)N(CC2CC2)CC[C@]314)CCCC6. The maximum Gasteiger partial charge on any atom is 0.166 e. The Bertz CT molecular complexity index is 1480. The molecule has 1 aromatic heterocycles. The summed E-state index contributed by atoms with van der Waals surface area (Å²) in [4.78, 5) is 7.98. The Morgan fingerprint density at radius 3 is 2.81 bits per heavy atom. The van der Waals surface area contributed by atoms with E-state index in [1.807, 2.05) is 0 Å².